The lowest BCUT2D eigenvalue weighted by Crippen LogP contribution is -2.33. The fourth-order valence-electron chi connectivity index (χ4n) is 2.91. The summed E-state index contributed by atoms with van der Waals surface area (Å²) in [6.45, 7) is 2.17. The van der Waals surface area contributed by atoms with Crippen LogP contribution >= 0.6 is 0 Å². The average molecular weight is 242 g/mol. The van der Waals surface area contributed by atoms with Crippen molar-refractivity contribution in [1.29, 1.82) is 0 Å². The summed E-state index contributed by atoms with van der Waals surface area (Å²) < 4.78 is 9.47. The first-order chi connectivity index (χ1) is 8.01. The van der Waals surface area contributed by atoms with E-state index in [1.807, 2.05) is 0 Å². The second-order valence-corrected chi connectivity index (χ2v) is 5.21. The van der Waals surface area contributed by atoms with Gasteiger partial charge in [-0.2, -0.15) is 0 Å². The molecule has 1 fully saturated rings. The summed E-state index contributed by atoms with van der Waals surface area (Å²) in [6.07, 6.45) is 4.68. The van der Waals surface area contributed by atoms with E-state index in [2.05, 4.69) is 6.92 Å². The number of carbonyl (C=O) groups is 2. The van der Waals surface area contributed by atoms with Gasteiger partial charge in [-0.15, -0.1) is 0 Å². The summed E-state index contributed by atoms with van der Waals surface area (Å²) in [5.74, 6) is 0.0871. The Morgan fingerprint density at radius 1 is 1.18 bits per heavy atom. The van der Waals surface area contributed by atoms with Crippen molar-refractivity contribution in [2.24, 2.45) is 11.3 Å². The summed E-state index contributed by atoms with van der Waals surface area (Å²) in [6, 6.07) is 0. The minimum Gasteiger partial charge on any atom is -0.469 e. The topological polar surface area (TPSA) is 52.6 Å². The molecule has 98 valence electrons. The lowest BCUT2D eigenvalue weighted by molar-refractivity contribution is -0.149. The number of ether oxygens (including phenoxy) is 2. The average Bonchev–Trinajstić information content (AvgIpc) is 2.28. The van der Waals surface area contributed by atoms with Crippen molar-refractivity contribution in [3.05, 3.63) is 0 Å². The van der Waals surface area contributed by atoms with E-state index < -0.39 is 0 Å². The fourth-order valence-corrected chi connectivity index (χ4v) is 2.91. The predicted molar refractivity (Wildman–Crippen MR) is 63.3 cm³/mol. The number of carbonyl (C=O) groups excluding carboxylic acids is 2. The highest BCUT2D eigenvalue weighted by molar-refractivity contribution is 5.74. The molecule has 0 amide bonds. The van der Waals surface area contributed by atoms with Gasteiger partial charge in [0.25, 0.3) is 0 Å². The van der Waals surface area contributed by atoms with Crippen LogP contribution in [0.15, 0.2) is 0 Å². The maximum Gasteiger partial charge on any atom is 0.306 e. The van der Waals surface area contributed by atoms with Crippen molar-refractivity contribution in [2.75, 3.05) is 14.2 Å². The molecular weight excluding hydrogens is 220 g/mol. The molecule has 0 saturated heterocycles. The predicted octanol–water partition coefficient (Wildman–Crippen LogP) is 2.31. The molecule has 1 aliphatic carbocycles. The molecule has 0 aromatic carbocycles. The minimum absolute atomic E-state index is 0.233. The van der Waals surface area contributed by atoms with Crippen LogP contribution in [-0.2, 0) is 19.1 Å². The van der Waals surface area contributed by atoms with Gasteiger partial charge in [0.15, 0.2) is 0 Å². The SMILES string of the molecule is COC(=O)CC1(CC(=O)OC)CCCC(C)C1. The maximum atomic E-state index is 11.5. The van der Waals surface area contributed by atoms with Crippen LogP contribution in [0.25, 0.3) is 0 Å². The van der Waals surface area contributed by atoms with Gasteiger partial charge < -0.3 is 9.47 Å². The van der Waals surface area contributed by atoms with Gasteiger partial charge in [0, 0.05) is 0 Å². The molecule has 4 nitrogen and oxygen atoms in total. The highest BCUT2D eigenvalue weighted by Crippen LogP contribution is 2.45. The van der Waals surface area contributed by atoms with E-state index in [0.29, 0.717) is 18.8 Å². The quantitative estimate of drug-likeness (QED) is 0.710. The highest BCUT2D eigenvalue weighted by Gasteiger charge is 2.39. The Labute approximate surface area is 103 Å². The van der Waals surface area contributed by atoms with Gasteiger partial charge in [-0.1, -0.05) is 19.8 Å². The smallest absolute Gasteiger partial charge is 0.306 e. The second-order valence-electron chi connectivity index (χ2n) is 5.21. The Kier molecular flexibility index (Phi) is 4.97. The van der Waals surface area contributed by atoms with E-state index in [9.17, 15) is 9.59 Å². The molecule has 0 aliphatic heterocycles. The van der Waals surface area contributed by atoms with Gasteiger partial charge in [0.05, 0.1) is 27.1 Å². The second kappa shape index (κ2) is 6.03. The number of rotatable bonds is 4. The van der Waals surface area contributed by atoms with Crippen molar-refractivity contribution in [3.8, 4) is 0 Å². The van der Waals surface area contributed by atoms with Crippen LogP contribution in [0.5, 0.6) is 0 Å². The molecule has 0 spiro atoms. The summed E-state index contributed by atoms with van der Waals surface area (Å²) in [7, 11) is 2.78. The molecule has 1 aliphatic rings. The molecule has 0 aromatic heterocycles. The standard InChI is InChI=1S/C13H22O4/c1-10-5-4-6-13(7-10,8-11(14)16-2)9-12(15)17-3/h10H,4-9H2,1-3H3. The molecule has 1 saturated carbocycles. The number of methoxy groups -OCH3 is 2. The monoisotopic (exact) mass is 242 g/mol. The zero-order valence-electron chi connectivity index (χ0n) is 11.0. The number of esters is 2. The van der Waals surface area contributed by atoms with Crippen LogP contribution in [0.4, 0.5) is 0 Å². The van der Waals surface area contributed by atoms with Crippen molar-refractivity contribution in [1.82, 2.24) is 0 Å². The Morgan fingerprint density at radius 2 is 1.71 bits per heavy atom. The third-order valence-electron chi connectivity index (χ3n) is 3.68. The first kappa shape index (κ1) is 14.0. The molecular formula is C13H22O4. The Balaban J connectivity index is 2.75. The summed E-state index contributed by atoms with van der Waals surface area (Å²) in [4.78, 5) is 23.0. The molecule has 1 atom stereocenters. The van der Waals surface area contributed by atoms with E-state index in [1.165, 1.54) is 20.6 Å². The molecule has 0 bridgehead atoms. The van der Waals surface area contributed by atoms with Crippen LogP contribution in [0.1, 0.15) is 45.4 Å². The zero-order chi connectivity index (χ0) is 12.9. The zero-order valence-corrected chi connectivity index (χ0v) is 11.0. The van der Waals surface area contributed by atoms with Crippen molar-refractivity contribution < 1.29 is 19.1 Å². The number of hydrogen-bond donors (Lipinski definition) is 0. The van der Waals surface area contributed by atoms with Crippen LogP contribution in [0.2, 0.25) is 0 Å². The summed E-state index contributed by atoms with van der Waals surface area (Å²) >= 11 is 0. The molecule has 4 heteroatoms. The maximum absolute atomic E-state index is 11.5. The van der Waals surface area contributed by atoms with Crippen LogP contribution in [-0.4, -0.2) is 26.2 Å². The van der Waals surface area contributed by atoms with E-state index in [-0.39, 0.29) is 17.4 Å². The lowest BCUT2D eigenvalue weighted by Gasteiger charge is -2.38. The summed E-state index contributed by atoms with van der Waals surface area (Å²) in [5, 5.41) is 0. The van der Waals surface area contributed by atoms with Crippen LogP contribution in [0, 0.1) is 11.3 Å². The normalized spacial score (nSPS) is 22.9. The Morgan fingerprint density at radius 3 is 2.12 bits per heavy atom. The van der Waals surface area contributed by atoms with Gasteiger partial charge in [0.2, 0.25) is 0 Å². The largest absolute Gasteiger partial charge is 0.469 e. The molecule has 0 radical (unpaired) electrons. The van der Waals surface area contributed by atoms with Gasteiger partial charge in [0.1, 0.15) is 0 Å². The first-order valence-electron chi connectivity index (χ1n) is 6.15. The van der Waals surface area contributed by atoms with E-state index in [0.717, 1.165) is 19.3 Å². The molecule has 1 rings (SSSR count). The van der Waals surface area contributed by atoms with Gasteiger partial charge in [-0.3, -0.25) is 9.59 Å². The van der Waals surface area contributed by atoms with Gasteiger partial charge in [-0.05, 0) is 24.2 Å². The Bertz CT molecular complexity index is 267. The van der Waals surface area contributed by atoms with E-state index in [4.69, 9.17) is 9.47 Å². The number of hydrogen-bond acceptors (Lipinski definition) is 4. The van der Waals surface area contributed by atoms with Crippen molar-refractivity contribution in [2.45, 2.75) is 45.4 Å². The molecule has 0 heterocycles. The van der Waals surface area contributed by atoms with Gasteiger partial charge in [-0.25, -0.2) is 0 Å². The third-order valence-corrected chi connectivity index (χ3v) is 3.68. The van der Waals surface area contributed by atoms with Crippen LogP contribution in [0.3, 0.4) is 0 Å². The first-order valence-corrected chi connectivity index (χ1v) is 6.15. The minimum atomic E-state index is -0.252. The van der Waals surface area contributed by atoms with E-state index in [1.54, 1.807) is 0 Å². The fraction of sp³-hybridized carbons (Fsp3) is 0.846. The third kappa shape index (κ3) is 4.02. The van der Waals surface area contributed by atoms with Crippen molar-refractivity contribution in [3.63, 3.8) is 0 Å². The van der Waals surface area contributed by atoms with Crippen LogP contribution < -0.4 is 0 Å². The summed E-state index contributed by atoms with van der Waals surface area (Å²) in [5.41, 5.74) is -0.252. The highest BCUT2D eigenvalue weighted by atomic mass is 16.5. The van der Waals surface area contributed by atoms with Crippen molar-refractivity contribution >= 4 is 11.9 Å². The molecule has 1 unspecified atom stereocenters. The Hall–Kier alpha value is -1.06. The van der Waals surface area contributed by atoms with Gasteiger partial charge >= 0.3 is 11.9 Å². The molecule has 17 heavy (non-hydrogen) atoms. The molecule has 0 N–H and O–H groups in total. The van der Waals surface area contributed by atoms with E-state index >= 15 is 0 Å². The lowest BCUT2D eigenvalue weighted by atomic mass is 9.66. The molecule has 0 aromatic rings.